The van der Waals surface area contributed by atoms with Gasteiger partial charge in [0.25, 0.3) is 0 Å². The fourth-order valence-corrected chi connectivity index (χ4v) is 3.69. The third-order valence-corrected chi connectivity index (χ3v) is 5.75. The largest absolute Gasteiger partial charge is 0.308 e. The molecule has 0 saturated carbocycles. The number of aryl methyl sites for hydroxylation is 1. The Morgan fingerprint density at radius 2 is 1.81 bits per heavy atom. The summed E-state index contributed by atoms with van der Waals surface area (Å²) >= 11 is 0. The van der Waals surface area contributed by atoms with Gasteiger partial charge in [-0.05, 0) is 31.7 Å². The quantitative estimate of drug-likeness (QED) is 0.875. The number of nitrogens with one attached hydrogen (secondary N) is 1. The minimum Gasteiger partial charge on any atom is -0.308 e. The molecule has 0 aliphatic carbocycles. The molecule has 0 amide bonds. The lowest BCUT2D eigenvalue weighted by atomic mass is 9.80. The van der Waals surface area contributed by atoms with Crippen molar-refractivity contribution in [2.75, 3.05) is 13.1 Å². The fraction of sp³-hybridized carbons (Fsp3) is 0.824. The van der Waals surface area contributed by atoms with Crippen molar-refractivity contribution in [1.82, 2.24) is 20.0 Å². The lowest BCUT2D eigenvalue weighted by molar-refractivity contribution is -0.0119. The van der Waals surface area contributed by atoms with Crippen LogP contribution in [0.15, 0.2) is 12.3 Å². The van der Waals surface area contributed by atoms with Crippen molar-refractivity contribution in [1.29, 1.82) is 0 Å². The molecule has 1 N–H and O–H groups in total. The van der Waals surface area contributed by atoms with E-state index in [-0.39, 0.29) is 11.1 Å². The van der Waals surface area contributed by atoms with Crippen LogP contribution in [0.25, 0.3) is 0 Å². The third-order valence-electron chi connectivity index (χ3n) is 5.75. The van der Waals surface area contributed by atoms with Crippen LogP contribution >= 0.6 is 0 Å². The summed E-state index contributed by atoms with van der Waals surface area (Å²) in [5, 5.41) is 8.47. The number of hydrogen-bond donors (Lipinski definition) is 1. The second kappa shape index (κ2) is 6.49. The molecule has 4 heteroatoms. The zero-order valence-electron chi connectivity index (χ0n) is 14.4. The summed E-state index contributed by atoms with van der Waals surface area (Å²) in [4.78, 5) is 2.69. The average molecular weight is 292 g/mol. The van der Waals surface area contributed by atoms with Gasteiger partial charge in [-0.15, -0.1) is 0 Å². The lowest BCUT2D eigenvalue weighted by Crippen LogP contribution is -2.69. The zero-order chi connectivity index (χ0) is 15.5. The van der Waals surface area contributed by atoms with Crippen LogP contribution in [-0.4, -0.2) is 38.8 Å². The normalized spacial score (nSPS) is 21.6. The first kappa shape index (κ1) is 16.5. The van der Waals surface area contributed by atoms with Crippen LogP contribution in [0.3, 0.4) is 0 Å². The summed E-state index contributed by atoms with van der Waals surface area (Å²) in [6.07, 6.45) is 6.79. The van der Waals surface area contributed by atoms with E-state index in [2.05, 4.69) is 49.1 Å². The van der Waals surface area contributed by atoms with E-state index in [4.69, 9.17) is 0 Å². The Bertz CT molecular complexity index is 443. The molecule has 0 aromatic carbocycles. The van der Waals surface area contributed by atoms with E-state index >= 15 is 0 Å². The van der Waals surface area contributed by atoms with Gasteiger partial charge in [-0.1, -0.05) is 27.7 Å². The van der Waals surface area contributed by atoms with E-state index in [1.807, 2.05) is 17.9 Å². The van der Waals surface area contributed by atoms with Crippen LogP contribution < -0.4 is 5.32 Å². The highest BCUT2D eigenvalue weighted by Crippen LogP contribution is 2.33. The minimum atomic E-state index is 0.266. The van der Waals surface area contributed by atoms with E-state index in [9.17, 15) is 0 Å². The molecular formula is C17H32N4. The molecule has 2 rings (SSSR count). The van der Waals surface area contributed by atoms with Crippen LogP contribution in [0.1, 0.15) is 59.1 Å². The van der Waals surface area contributed by atoms with Gasteiger partial charge in [0.15, 0.2) is 0 Å². The first-order chi connectivity index (χ1) is 10.0. The number of rotatable bonds is 6. The monoisotopic (exact) mass is 292 g/mol. The van der Waals surface area contributed by atoms with Crippen molar-refractivity contribution in [2.24, 2.45) is 7.05 Å². The Hall–Kier alpha value is -0.870. The van der Waals surface area contributed by atoms with Crippen molar-refractivity contribution in [3.05, 3.63) is 18.0 Å². The standard InChI is InChI=1S/C17H32N4/c1-6-16(7-2)14-21(12-15-10-11-20(5)19-15)17(8-3,9-4)13-18-16/h10-11,18H,6-9,12-14H2,1-5H3. The Labute approximate surface area is 129 Å². The summed E-state index contributed by atoms with van der Waals surface area (Å²) in [7, 11) is 2.00. The predicted octanol–water partition coefficient (Wildman–Crippen LogP) is 2.94. The molecule has 0 unspecified atom stereocenters. The second-order valence-electron chi connectivity index (χ2n) is 6.61. The van der Waals surface area contributed by atoms with Gasteiger partial charge in [-0.25, -0.2) is 0 Å². The summed E-state index contributed by atoms with van der Waals surface area (Å²) in [5.41, 5.74) is 1.72. The Morgan fingerprint density at radius 1 is 1.14 bits per heavy atom. The molecule has 1 aromatic heterocycles. The first-order valence-corrected chi connectivity index (χ1v) is 8.51. The maximum Gasteiger partial charge on any atom is 0.0764 e. The fourth-order valence-electron chi connectivity index (χ4n) is 3.69. The average Bonchev–Trinajstić information content (AvgIpc) is 2.92. The highest BCUT2D eigenvalue weighted by Gasteiger charge is 2.44. The van der Waals surface area contributed by atoms with Gasteiger partial charge in [0.2, 0.25) is 0 Å². The molecule has 21 heavy (non-hydrogen) atoms. The topological polar surface area (TPSA) is 33.1 Å². The maximum absolute atomic E-state index is 4.59. The predicted molar refractivity (Wildman–Crippen MR) is 88.2 cm³/mol. The summed E-state index contributed by atoms with van der Waals surface area (Å²) < 4.78 is 1.91. The number of nitrogens with zero attached hydrogens (tertiary/aromatic N) is 3. The van der Waals surface area contributed by atoms with Crippen molar-refractivity contribution < 1.29 is 0 Å². The van der Waals surface area contributed by atoms with Crippen molar-refractivity contribution in [3.8, 4) is 0 Å². The minimum absolute atomic E-state index is 0.266. The van der Waals surface area contributed by atoms with Crippen LogP contribution in [0.2, 0.25) is 0 Å². The second-order valence-corrected chi connectivity index (χ2v) is 6.61. The van der Waals surface area contributed by atoms with Gasteiger partial charge >= 0.3 is 0 Å². The first-order valence-electron chi connectivity index (χ1n) is 8.51. The summed E-state index contributed by atoms with van der Waals surface area (Å²) in [6.45, 7) is 12.4. The van der Waals surface area contributed by atoms with Crippen LogP contribution in [0.4, 0.5) is 0 Å². The lowest BCUT2D eigenvalue weighted by Gasteiger charge is -2.54. The highest BCUT2D eigenvalue weighted by atomic mass is 15.3. The van der Waals surface area contributed by atoms with Crippen molar-refractivity contribution in [2.45, 2.75) is 71.0 Å². The summed E-state index contributed by atoms with van der Waals surface area (Å²) in [6, 6.07) is 2.15. The van der Waals surface area contributed by atoms with Crippen molar-refractivity contribution >= 4 is 0 Å². The molecule has 1 aliphatic rings. The van der Waals surface area contributed by atoms with E-state index in [1.54, 1.807) is 0 Å². The Balaban J connectivity index is 2.24. The SMILES string of the molecule is CCC1(CC)CN(Cc2ccn(C)n2)C(CC)(CC)CN1. The van der Waals surface area contributed by atoms with Gasteiger partial charge in [-0.2, -0.15) is 5.10 Å². The van der Waals surface area contributed by atoms with Gasteiger partial charge in [0.05, 0.1) is 5.69 Å². The van der Waals surface area contributed by atoms with Crippen LogP contribution in [-0.2, 0) is 13.6 Å². The number of hydrogen-bond acceptors (Lipinski definition) is 3. The van der Waals surface area contributed by atoms with E-state index in [1.165, 1.54) is 31.4 Å². The molecule has 1 aliphatic heterocycles. The van der Waals surface area contributed by atoms with Gasteiger partial charge in [0, 0.05) is 44.0 Å². The molecule has 0 bridgehead atoms. The van der Waals surface area contributed by atoms with Gasteiger partial charge < -0.3 is 5.32 Å². The molecule has 1 saturated heterocycles. The Morgan fingerprint density at radius 3 is 2.29 bits per heavy atom. The molecule has 1 aromatic rings. The van der Waals surface area contributed by atoms with Gasteiger partial charge in [-0.3, -0.25) is 9.58 Å². The molecule has 0 radical (unpaired) electrons. The van der Waals surface area contributed by atoms with Crippen LogP contribution in [0, 0.1) is 0 Å². The maximum atomic E-state index is 4.59. The highest BCUT2D eigenvalue weighted by molar-refractivity contribution is 5.07. The van der Waals surface area contributed by atoms with Gasteiger partial charge in [0.1, 0.15) is 0 Å². The number of piperazine rings is 1. The number of aromatic nitrogens is 2. The third kappa shape index (κ3) is 3.16. The molecule has 0 atom stereocenters. The van der Waals surface area contributed by atoms with Crippen LogP contribution in [0.5, 0.6) is 0 Å². The zero-order valence-corrected chi connectivity index (χ0v) is 14.4. The molecule has 1 fully saturated rings. The smallest absolute Gasteiger partial charge is 0.0764 e. The van der Waals surface area contributed by atoms with E-state index in [0.29, 0.717) is 0 Å². The molecular weight excluding hydrogens is 260 g/mol. The summed E-state index contributed by atoms with van der Waals surface area (Å²) in [5.74, 6) is 0. The molecule has 120 valence electrons. The molecule has 0 spiro atoms. The van der Waals surface area contributed by atoms with E-state index < -0.39 is 0 Å². The molecule has 4 nitrogen and oxygen atoms in total. The molecule has 2 heterocycles. The van der Waals surface area contributed by atoms with E-state index in [0.717, 1.165) is 19.6 Å². The Kier molecular flexibility index (Phi) is 5.10. The van der Waals surface area contributed by atoms with Crippen molar-refractivity contribution in [3.63, 3.8) is 0 Å².